The normalized spacial score (nSPS) is 10.5. The summed E-state index contributed by atoms with van der Waals surface area (Å²) in [5.74, 6) is -0.372. The number of thiocarbonyl (C=S) groups is 1. The maximum absolute atomic E-state index is 12.3. The molecule has 23 heavy (non-hydrogen) atoms. The first kappa shape index (κ1) is 17.4. The molecule has 2 aromatic rings. The van der Waals surface area contributed by atoms with Crippen LogP contribution in [0.25, 0.3) is 11.1 Å². The summed E-state index contributed by atoms with van der Waals surface area (Å²) < 4.78 is 4.98. The molecule has 6 heteroatoms. The first-order valence-electron chi connectivity index (χ1n) is 7.28. The number of benzene rings is 1. The van der Waals surface area contributed by atoms with E-state index in [0.717, 1.165) is 16.0 Å². The number of thiophene rings is 1. The van der Waals surface area contributed by atoms with Crippen LogP contribution in [0.15, 0.2) is 30.3 Å². The lowest BCUT2D eigenvalue weighted by Crippen LogP contribution is -2.34. The van der Waals surface area contributed by atoms with Gasteiger partial charge in [0.05, 0.1) is 7.11 Å². The number of carbonyl (C=O) groups excluding carboxylic acids is 1. The molecule has 1 aromatic carbocycles. The van der Waals surface area contributed by atoms with Gasteiger partial charge >= 0.3 is 5.97 Å². The third kappa shape index (κ3) is 4.09. The Morgan fingerprint density at radius 2 is 1.91 bits per heavy atom. The van der Waals surface area contributed by atoms with Crippen molar-refractivity contribution in [3.63, 3.8) is 0 Å². The molecular formula is C17H20N2O2S2. The van der Waals surface area contributed by atoms with Gasteiger partial charge in [-0.1, -0.05) is 30.3 Å². The molecule has 0 unspecified atom stereocenters. The number of hydrogen-bond acceptors (Lipinski definition) is 4. The van der Waals surface area contributed by atoms with E-state index in [1.54, 1.807) is 0 Å². The molecule has 122 valence electrons. The molecule has 0 amide bonds. The third-order valence-corrected chi connectivity index (χ3v) is 4.42. The van der Waals surface area contributed by atoms with Crippen LogP contribution in [0.4, 0.5) is 5.00 Å². The molecule has 0 radical (unpaired) electrons. The molecule has 0 spiro atoms. The van der Waals surface area contributed by atoms with Crippen LogP contribution in [-0.4, -0.2) is 24.2 Å². The zero-order valence-corrected chi connectivity index (χ0v) is 15.2. The maximum Gasteiger partial charge on any atom is 0.341 e. The first-order valence-corrected chi connectivity index (χ1v) is 8.51. The molecule has 0 aliphatic carbocycles. The second kappa shape index (κ2) is 7.57. The van der Waals surface area contributed by atoms with Crippen molar-refractivity contribution in [3.8, 4) is 11.1 Å². The van der Waals surface area contributed by atoms with Crippen LogP contribution in [0, 0.1) is 6.92 Å². The number of carbonyl (C=O) groups is 1. The van der Waals surface area contributed by atoms with Crippen molar-refractivity contribution in [2.45, 2.75) is 26.8 Å². The summed E-state index contributed by atoms with van der Waals surface area (Å²) >= 11 is 6.79. The van der Waals surface area contributed by atoms with E-state index in [1.807, 2.05) is 51.1 Å². The van der Waals surface area contributed by atoms with Crippen molar-refractivity contribution in [1.29, 1.82) is 0 Å². The number of aryl methyl sites for hydroxylation is 1. The number of esters is 1. The van der Waals surface area contributed by atoms with Gasteiger partial charge in [-0.15, -0.1) is 11.3 Å². The highest BCUT2D eigenvalue weighted by molar-refractivity contribution is 7.80. The summed E-state index contributed by atoms with van der Waals surface area (Å²) in [4.78, 5) is 13.4. The topological polar surface area (TPSA) is 50.4 Å². The quantitative estimate of drug-likeness (QED) is 0.640. The van der Waals surface area contributed by atoms with Gasteiger partial charge in [0.1, 0.15) is 10.6 Å². The highest BCUT2D eigenvalue weighted by atomic mass is 32.1. The Morgan fingerprint density at radius 1 is 1.26 bits per heavy atom. The summed E-state index contributed by atoms with van der Waals surface area (Å²) in [6.07, 6.45) is 0. The van der Waals surface area contributed by atoms with Crippen molar-refractivity contribution in [3.05, 3.63) is 40.8 Å². The minimum absolute atomic E-state index is 0.214. The van der Waals surface area contributed by atoms with Gasteiger partial charge in [-0.25, -0.2) is 4.79 Å². The molecule has 2 rings (SSSR count). The molecule has 0 bridgehead atoms. The second-order valence-corrected chi connectivity index (χ2v) is 6.98. The van der Waals surface area contributed by atoms with E-state index in [-0.39, 0.29) is 12.0 Å². The molecule has 4 nitrogen and oxygen atoms in total. The largest absolute Gasteiger partial charge is 0.465 e. The van der Waals surface area contributed by atoms with Gasteiger partial charge in [0, 0.05) is 16.5 Å². The molecule has 0 saturated heterocycles. The van der Waals surface area contributed by atoms with Gasteiger partial charge in [-0.3, -0.25) is 0 Å². The number of rotatable bonds is 4. The zero-order chi connectivity index (χ0) is 17.0. The molecule has 0 fully saturated rings. The van der Waals surface area contributed by atoms with Crippen molar-refractivity contribution in [1.82, 2.24) is 5.32 Å². The van der Waals surface area contributed by atoms with E-state index < -0.39 is 0 Å². The molecule has 2 N–H and O–H groups in total. The van der Waals surface area contributed by atoms with Crippen molar-refractivity contribution in [2.24, 2.45) is 0 Å². The molecular weight excluding hydrogens is 328 g/mol. The van der Waals surface area contributed by atoms with Crippen LogP contribution >= 0.6 is 23.6 Å². The third-order valence-electron chi connectivity index (χ3n) is 3.18. The average Bonchev–Trinajstić information content (AvgIpc) is 2.82. The van der Waals surface area contributed by atoms with E-state index in [9.17, 15) is 4.79 Å². The SMILES string of the molecule is COC(=O)c1c(NC(=S)NC(C)C)sc(C)c1-c1ccccc1. The van der Waals surface area contributed by atoms with Gasteiger partial charge in [0.15, 0.2) is 5.11 Å². The lowest BCUT2D eigenvalue weighted by atomic mass is 10.0. The first-order chi connectivity index (χ1) is 10.9. The number of anilines is 1. The smallest absolute Gasteiger partial charge is 0.341 e. The van der Waals surface area contributed by atoms with Crippen molar-refractivity contribution < 1.29 is 9.53 Å². The number of hydrogen-bond donors (Lipinski definition) is 2. The summed E-state index contributed by atoms with van der Waals surface area (Å²) in [6.45, 7) is 6.00. The predicted octanol–water partition coefficient (Wildman–Crippen LogP) is 4.20. The van der Waals surface area contributed by atoms with Crippen LogP contribution in [0.1, 0.15) is 29.1 Å². The lowest BCUT2D eigenvalue weighted by molar-refractivity contribution is 0.0603. The molecule has 0 atom stereocenters. The highest BCUT2D eigenvalue weighted by Crippen LogP contribution is 2.40. The Kier molecular flexibility index (Phi) is 5.74. The fourth-order valence-electron chi connectivity index (χ4n) is 2.28. The van der Waals surface area contributed by atoms with E-state index in [0.29, 0.717) is 15.7 Å². The van der Waals surface area contributed by atoms with E-state index >= 15 is 0 Å². The Morgan fingerprint density at radius 3 is 2.48 bits per heavy atom. The Labute approximate surface area is 145 Å². The fourth-order valence-corrected chi connectivity index (χ4v) is 3.75. The average molecular weight is 348 g/mol. The number of methoxy groups -OCH3 is 1. The molecule has 1 heterocycles. The van der Waals surface area contributed by atoms with Crippen LogP contribution in [0.2, 0.25) is 0 Å². The molecule has 0 saturated carbocycles. The second-order valence-electron chi connectivity index (χ2n) is 5.35. The van der Waals surface area contributed by atoms with E-state index in [4.69, 9.17) is 17.0 Å². The van der Waals surface area contributed by atoms with Gasteiger partial charge < -0.3 is 15.4 Å². The monoisotopic (exact) mass is 348 g/mol. The van der Waals surface area contributed by atoms with Gasteiger partial charge in [-0.05, 0) is 38.6 Å². The highest BCUT2D eigenvalue weighted by Gasteiger charge is 2.24. The Bertz CT molecular complexity index is 709. The Balaban J connectivity index is 2.48. The van der Waals surface area contributed by atoms with E-state index in [2.05, 4.69) is 10.6 Å². The fraction of sp³-hybridized carbons (Fsp3) is 0.294. The van der Waals surface area contributed by atoms with Crippen LogP contribution in [-0.2, 0) is 4.74 Å². The summed E-state index contributed by atoms with van der Waals surface area (Å²) in [6, 6.07) is 10.0. The minimum Gasteiger partial charge on any atom is -0.465 e. The van der Waals surface area contributed by atoms with Crippen LogP contribution in [0.5, 0.6) is 0 Å². The van der Waals surface area contributed by atoms with E-state index in [1.165, 1.54) is 18.4 Å². The minimum atomic E-state index is -0.372. The van der Waals surface area contributed by atoms with Crippen LogP contribution in [0.3, 0.4) is 0 Å². The summed E-state index contributed by atoms with van der Waals surface area (Å²) in [7, 11) is 1.39. The Hall–Kier alpha value is -1.92. The van der Waals surface area contributed by atoms with Crippen LogP contribution < -0.4 is 10.6 Å². The summed E-state index contributed by atoms with van der Waals surface area (Å²) in [5, 5.41) is 7.44. The lowest BCUT2D eigenvalue weighted by Gasteiger charge is -2.13. The van der Waals surface area contributed by atoms with Crippen molar-refractivity contribution >= 4 is 39.6 Å². The van der Waals surface area contributed by atoms with Crippen molar-refractivity contribution in [2.75, 3.05) is 12.4 Å². The van der Waals surface area contributed by atoms with Gasteiger partial charge in [-0.2, -0.15) is 0 Å². The molecule has 0 aliphatic rings. The number of ether oxygens (including phenoxy) is 1. The standard InChI is InChI=1S/C17H20N2O2S2/c1-10(2)18-17(22)19-15-14(16(20)21-4)13(11(3)23-15)12-8-6-5-7-9-12/h5-10H,1-4H3,(H2,18,19,22). The number of nitrogens with one attached hydrogen (secondary N) is 2. The maximum atomic E-state index is 12.3. The molecule has 0 aliphatic heterocycles. The zero-order valence-electron chi connectivity index (χ0n) is 13.6. The summed E-state index contributed by atoms with van der Waals surface area (Å²) in [5.41, 5.74) is 2.39. The van der Waals surface area contributed by atoms with Gasteiger partial charge in [0.25, 0.3) is 0 Å². The van der Waals surface area contributed by atoms with Gasteiger partial charge in [0.2, 0.25) is 0 Å². The molecule has 1 aromatic heterocycles. The predicted molar refractivity (Wildman–Crippen MR) is 100 cm³/mol.